The number of nitrogens with zero attached hydrogens (tertiary/aromatic N) is 5. The van der Waals surface area contributed by atoms with Gasteiger partial charge >= 0.3 is 0 Å². The number of rotatable bonds is 10. The molecule has 2 atom stereocenters. The second-order valence-electron chi connectivity index (χ2n) is 11.6. The Morgan fingerprint density at radius 1 is 0.583 bits per heavy atom. The van der Waals surface area contributed by atoms with E-state index >= 15 is 0 Å². The molecule has 2 unspecified atom stereocenters. The summed E-state index contributed by atoms with van der Waals surface area (Å²) in [6.45, 7) is 4.06. The van der Waals surface area contributed by atoms with Crippen molar-refractivity contribution in [2.45, 2.75) is 26.0 Å². The molecule has 48 heavy (non-hydrogen) atoms. The molecule has 0 aliphatic carbocycles. The number of aryl methyl sites for hydroxylation is 2. The summed E-state index contributed by atoms with van der Waals surface area (Å²) in [4.78, 5) is 5.16. The largest absolute Gasteiger partial charge is 0.369 e. The minimum Gasteiger partial charge on any atom is -0.369 e. The average molecular weight is 629 g/mol. The van der Waals surface area contributed by atoms with Gasteiger partial charge in [0.05, 0.1) is 22.8 Å². The molecule has 0 saturated carbocycles. The molecule has 2 N–H and O–H groups in total. The number of hydrogen-bond donors (Lipinski definition) is 2. The first kappa shape index (κ1) is 30.6. The summed E-state index contributed by atoms with van der Waals surface area (Å²) in [5.74, 6) is 1.07. The van der Waals surface area contributed by atoms with Crippen molar-refractivity contribution in [2.75, 3.05) is 5.32 Å². The third-order valence-electron chi connectivity index (χ3n) is 8.42. The molecule has 7 aromatic rings. The minimum atomic E-state index is -0.983. The first-order valence-electron chi connectivity index (χ1n) is 16.0. The Hall–Kier alpha value is -6.05. The summed E-state index contributed by atoms with van der Waals surface area (Å²) < 4.78 is 3.81. The number of para-hydroxylation sites is 2. The Morgan fingerprint density at radius 3 is 1.62 bits per heavy atom. The van der Waals surface area contributed by atoms with Crippen molar-refractivity contribution in [3.63, 3.8) is 0 Å². The molecule has 0 fully saturated rings. The van der Waals surface area contributed by atoms with Crippen LogP contribution in [0.1, 0.15) is 51.4 Å². The molecular formula is C41H36N6O. The highest BCUT2D eigenvalue weighted by Gasteiger charge is 2.33. The number of nitrogens with one attached hydrogen (secondary N) is 1. The smallest absolute Gasteiger partial charge is 0.160 e. The van der Waals surface area contributed by atoms with E-state index in [1.165, 1.54) is 0 Å². The second-order valence-corrected chi connectivity index (χ2v) is 11.6. The number of aromatic nitrogens is 4. The van der Waals surface area contributed by atoms with Crippen molar-refractivity contribution >= 4 is 17.9 Å². The molecule has 7 nitrogen and oxygen atoms in total. The Labute approximate surface area is 280 Å². The van der Waals surface area contributed by atoms with E-state index < -0.39 is 6.23 Å². The predicted molar refractivity (Wildman–Crippen MR) is 193 cm³/mol. The summed E-state index contributed by atoms with van der Waals surface area (Å²) in [7, 11) is 0. The lowest BCUT2D eigenvalue weighted by atomic mass is 9.84. The molecule has 7 heteroatoms. The van der Waals surface area contributed by atoms with Crippen LogP contribution in [0.5, 0.6) is 0 Å². The average Bonchev–Trinajstić information content (AvgIpc) is 3.65. The maximum atomic E-state index is 11.6. The van der Waals surface area contributed by atoms with Gasteiger partial charge in [-0.2, -0.15) is 10.2 Å². The summed E-state index contributed by atoms with van der Waals surface area (Å²) >= 11 is 0. The van der Waals surface area contributed by atoms with Crippen molar-refractivity contribution in [1.82, 2.24) is 19.6 Å². The zero-order valence-corrected chi connectivity index (χ0v) is 26.8. The first-order chi connectivity index (χ1) is 23.6. The van der Waals surface area contributed by atoms with E-state index in [0.29, 0.717) is 5.82 Å². The van der Waals surface area contributed by atoms with E-state index in [-0.39, 0.29) is 5.92 Å². The van der Waals surface area contributed by atoms with Crippen LogP contribution in [0.4, 0.5) is 11.6 Å². The third kappa shape index (κ3) is 6.19. The van der Waals surface area contributed by atoms with Crippen molar-refractivity contribution in [3.05, 3.63) is 191 Å². The molecule has 0 spiro atoms. The van der Waals surface area contributed by atoms with E-state index in [9.17, 15) is 5.11 Å². The van der Waals surface area contributed by atoms with Crippen LogP contribution in [0, 0.1) is 13.8 Å². The predicted octanol–water partition coefficient (Wildman–Crippen LogP) is 8.71. The molecule has 2 aromatic heterocycles. The molecule has 0 aliphatic heterocycles. The Bertz CT molecular complexity index is 2120. The van der Waals surface area contributed by atoms with Crippen molar-refractivity contribution < 1.29 is 5.11 Å². The van der Waals surface area contributed by atoms with E-state index in [4.69, 9.17) is 15.2 Å². The van der Waals surface area contributed by atoms with Crippen molar-refractivity contribution in [1.29, 1.82) is 0 Å². The summed E-state index contributed by atoms with van der Waals surface area (Å²) in [6, 6.07) is 50.2. The topological polar surface area (TPSA) is 80.3 Å². The summed E-state index contributed by atoms with van der Waals surface area (Å²) in [5, 5.41) is 25.2. The highest BCUT2D eigenvalue weighted by molar-refractivity contribution is 5.82. The SMILES string of the molecule is Cc1nn(-c2ccccc2)c(N=Cc2ccccc2)c1C(c1ccccc1)c1c(C)nn(-c2ccccc2)c1NC(O)c1ccccc1. The number of aliphatic imine (C=N–C) groups is 1. The Kier molecular flexibility index (Phi) is 8.76. The molecule has 236 valence electrons. The lowest BCUT2D eigenvalue weighted by molar-refractivity contribution is 0.207. The van der Waals surface area contributed by atoms with Gasteiger partial charge in [-0.1, -0.05) is 127 Å². The third-order valence-corrected chi connectivity index (χ3v) is 8.42. The highest BCUT2D eigenvalue weighted by Crippen LogP contribution is 2.45. The standard InChI is InChI=1S/C41H36N6O/c1-29-36(39(42-28-31-18-8-3-9-19-31)46(44-29)34-24-14-6-15-25-34)38(32-20-10-4-11-21-32)37-30(2)45-47(35-26-16-7-17-27-35)40(37)43-41(48)33-22-12-5-13-23-33/h3-28,38,41,43,48H,1-2H3. The fourth-order valence-corrected chi connectivity index (χ4v) is 6.16. The van der Waals surface area contributed by atoms with Crippen molar-refractivity contribution in [3.8, 4) is 11.4 Å². The van der Waals surface area contributed by atoms with Gasteiger partial charge in [0.25, 0.3) is 0 Å². The molecule has 7 rings (SSSR count). The minimum absolute atomic E-state index is 0.338. The van der Waals surface area contributed by atoms with Gasteiger partial charge in [-0.15, -0.1) is 0 Å². The lowest BCUT2D eigenvalue weighted by Gasteiger charge is -2.23. The zero-order valence-electron chi connectivity index (χ0n) is 26.8. The monoisotopic (exact) mass is 628 g/mol. The van der Waals surface area contributed by atoms with Crippen LogP contribution in [0.25, 0.3) is 11.4 Å². The van der Waals surface area contributed by atoms with Gasteiger partial charge in [0.1, 0.15) is 5.82 Å². The number of aliphatic hydroxyl groups is 1. The molecular weight excluding hydrogens is 592 g/mol. The van der Waals surface area contributed by atoms with Gasteiger partial charge in [0.2, 0.25) is 0 Å². The van der Waals surface area contributed by atoms with Crippen LogP contribution in [0.3, 0.4) is 0 Å². The maximum Gasteiger partial charge on any atom is 0.160 e. The fraction of sp³-hybridized carbons (Fsp3) is 0.0976. The van der Waals surface area contributed by atoms with Gasteiger partial charge in [0.15, 0.2) is 12.0 Å². The maximum absolute atomic E-state index is 11.6. The summed E-state index contributed by atoms with van der Waals surface area (Å²) in [5.41, 5.74) is 8.11. The van der Waals surface area contributed by atoms with Crippen LogP contribution in [-0.2, 0) is 0 Å². The first-order valence-corrected chi connectivity index (χ1v) is 16.0. The second kappa shape index (κ2) is 13.7. The van der Waals surface area contributed by atoms with Gasteiger partial charge in [-0.3, -0.25) is 0 Å². The number of benzene rings is 5. The van der Waals surface area contributed by atoms with Gasteiger partial charge in [-0.05, 0) is 49.2 Å². The number of hydrogen-bond acceptors (Lipinski definition) is 5. The molecule has 5 aromatic carbocycles. The number of aliphatic hydroxyl groups excluding tert-OH is 1. The molecule has 0 radical (unpaired) electrons. The Morgan fingerprint density at radius 2 is 1.04 bits per heavy atom. The molecule has 0 amide bonds. The van der Waals surface area contributed by atoms with E-state index in [0.717, 1.165) is 56.4 Å². The summed E-state index contributed by atoms with van der Waals surface area (Å²) in [6.07, 6.45) is 0.906. The highest BCUT2D eigenvalue weighted by atomic mass is 16.3. The van der Waals surface area contributed by atoms with Gasteiger partial charge in [0, 0.05) is 28.8 Å². The van der Waals surface area contributed by atoms with Crippen LogP contribution < -0.4 is 5.32 Å². The Balaban J connectivity index is 1.49. The molecule has 2 heterocycles. The number of anilines is 1. The lowest BCUT2D eigenvalue weighted by Crippen LogP contribution is -2.16. The van der Waals surface area contributed by atoms with Crippen LogP contribution in [-0.4, -0.2) is 30.9 Å². The molecule has 0 bridgehead atoms. The van der Waals surface area contributed by atoms with E-state index in [2.05, 4.69) is 29.6 Å². The van der Waals surface area contributed by atoms with Gasteiger partial charge < -0.3 is 10.4 Å². The van der Waals surface area contributed by atoms with Crippen LogP contribution in [0.2, 0.25) is 0 Å². The fourth-order valence-electron chi connectivity index (χ4n) is 6.16. The zero-order chi connectivity index (χ0) is 32.9. The van der Waals surface area contributed by atoms with Gasteiger partial charge in [-0.25, -0.2) is 14.4 Å². The van der Waals surface area contributed by atoms with E-state index in [1.807, 2.05) is 157 Å². The van der Waals surface area contributed by atoms with E-state index in [1.54, 1.807) is 0 Å². The van der Waals surface area contributed by atoms with Crippen LogP contribution in [0.15, 0.2) is 157 Å². The quantitative estimate of drug-likeness (QED) is 0.117. The van der Waals surface area contributed by atoms with Crippen LogP contribution >= 0.6 is 0 Å². The normalized spacial score (nSPS) is 12.6. The molecule has 0 saturated heterocycles. The van der Waals surface area contributed by atoms with Crippen molar-refractivity contribution in [2.24, 2.45) is 4.99 Å². The molecule has 0 aliphatic rings.